The van der Waals surface area contributed by atoms with Crippen LogP contribution in [0, 0.1) is 5.82 Å². The van der Waals surface area contributed by atoms with Crippen LogP contribution in [0.4, 0.5) is 10.3 Å². The lowest BCUT2D eigenvalue weighted by atomic mass is 10.2. The number of benzene rings is 2. The van der Waals surface area contributed by atoms with Gasteiger partial charge in [0.1, 0.15) is 6.35 Å². The molecule has 4 rings (SSSR count). The monoisotopic (exact) mass is 651 g/mol. The first kappa shape index (κ1) is 33.0. The lowest BCUT2D eigenvalue weighted by molar-refractivity contribution is 0.108. The number of H-pyrrole nitrogens is 1. The molecule has 0 bridgehead atoms. The number of carbonyl (C=O) groups is 1. The first-order valence-corrected chi connectivity index (χ1v) is 15.8. The van der Waals surface area contributed by atoms with Crippen molar-refractivity contribution in [2.45, 2.75) is 13.2 Å². The van der Waals surface area contributed by atoms with Crippen LogP contribution in [0.3, 0.4) is 0 Å². The fraction of sp³-hybridized carbons (Fsp3) is 0.333. The van der Waals surface area contributed by atoms with Crippen molar-refractivity contribution in [1.29, 1.82) is 0 Å². The summed E-state index contributed by atoms with van der Waals surface area (Å²) in [4.78, 5) is 35.2. The lowest BCUT2D eigenvalue weighted by Crippen LogP contribution is -2.13. The van der Waals surface area contributed by atoms with Gasteiger partial charge in [0, 0.05) is 17.9 Å². The van der Waals surface area contributed by atoms with Crippen molar-refractivity contribution in [3.63, 3.8) is 0 Å². The van der Waals surface area contributed by atoms with Crippen LogP contribution >= 0.6 is 19.4 Å². The molecule has 2 aromatic heterocycles. The highest BCUT2D eigenvalue weighted by atomic mass is 32.2. The number of fused-ring (bicyclic) bond motifs is 1. The maximum Gasteiger partial charge on any atom is 0.356 e. The highest BCUT2D eigenvalue weighted by Crippen LogP contribution is 2.49. The topological polar surface area (TPSA) is 179 Å². The number of anilines is 1. The Balaban J connectivity index is 1.36. The molecule has 14 nitrogen and oxygen atoms in total. The van der Waals surface area contributed by atoms with E-state index in [4.69, 9.17) is 33.7 Å². The molecule has 0 fully saturated rings. The number of halogens is 1. The lowest BCUT2D eigenvalue weighted by Gasteiger charge is -2.19. The third-order valence-corrected chi connectivity index (χ3v) is 8.55. The van der Waals surface area contributed by atoms with Crippen molar-refractivity contribution in [3.8, 4) is 17.2 Å². The molecule has 3 N–H and O–H groups in total. The largest absolute Gasteiger partial charge is 0.494 e. The molecule has 0 aliphatic heterocycles. The fourth-order valence-electron chi connectivity index (χ4n) is 3.92. The second-order valence-electron chi connectivity index (χ2n) is 8.99. The summed E-state index contributed by atoms with van der Waals surface area (Å²) in [5.41, 5.74) is 6.32. The van der Waals surface area contributed by atoms with Crippen LogP contribution in [-0.4, -0.2) is 71.3 Å². The number of nitrogens with one attached hydrogen (secondary N) is 1. The predicted molar refractivity (Wildman–Crippen MR) is 161 cm³/mol. The van der Waals surface area contributed by atoms with E-state index >= 15 is 0 Å². The van der Waals surface area contributed by atoms with E-state index in [2.05, 4.69) is 15.0 Å². The van der Waals surface area contributed by atoms with Crippen molar-refractivity contribution >= 4 is 41.6 Å². The van der Waals surface area contributed by atoms with E-state index in [1.54, 1.807) is 28.8 Å². The van der Waals surface area contributed by atoms with E-state index in [9.17, 15) is 18.5 Å². The summed E-state index contributed by atoms with van der Waals surface area (Å²) in [7, 11) is 0.415. The molecule has 0 amide bonds. The molecule has 0 saturated carbocycles. The van der Waals surface area contributed by atoms with Gasteiger partial charge in [-0.2, -0.15) is 4.98 Å². The Bertz CT molecular complexity index is 1720. The van der Waals surface area contributed by atoms with Crippen LogP contribution < -0.4 is 25.5 Å². The summed E-state index contributed by atoms with van der Waals surface area (Å²) >= 11 is 0.957. The van der Waals surface area contributed by atoms with Gasteiger partial charge in [-0.15, -0.1) is 0 Å². The average Bonchev–Trinajstić information content (AvgIpc) is 3.43. The van der Waals surface area contributed by atoms with E-state index in [1.807, 2.05) is 0 Å². The number of nitrogens with zero attached hydrogens (tertiary/aromatic N) is 3. The van der Waals surface area contributed by atoms with E-state index in [-0.39, 0.29) is 60.1 Å². The van der Waals surface area contributed by atoms with Crippen LogP contribution in [-0.2, 0) is 31.5 Å². The zero-order valence-electron chi connectivity index (χ0n) is 24.1. The summed E-state index contributed by atoms with van der Waals surface area (Å²) in [6.45, 7) is -0.122. The van der Waals surface area contributed by atoms with Crippen molar-refractivity contribution in [2.24, 2.45) is 0 Å². The van der Waals surface area contributed by atoms with Gasteiger partial charge >= 0.3 is 7.60 Å². The number of thioether (sulfide) groups is 1. The van der Waals surface area contributed by atoms with Gasteiger partial charge < -0.3 is 38.3 Å². The number of rotatable bonds is 16. The Kier molecular flexibility index (Phi) is 11.4. The van der Waals surface area contributed by atoms with Crippen LogP contribution in [0.25, 0.3) is 11.2 Å². The molecule has 0 spiro atoms. The van der Waals surface area contributed by atoms with Gasteiger partial charge in [-0.3, -0.25) is 19.1 Å². The minimum Gasteiger partial charge on any atom is -0.494 e. The first-order valence-electron chi connectivity index (χ1n) is 13.0. The first-order chi connectivity index (χ1) is 21.2. The Morgan fingerprint density at radius 1 is 1.05 bits per heavy atom. The SMILES string of the molecule is COc1ccc(COP(=O)(COCCn2cnc3c(=O)[nH]c(N)nc32)OCCSC(=O)c2ccc(OC)c(OC)c2)cc1F. The number of ether oxygens (including phenoxy) is 4. The highest BCUT2D eigenvalue weighted by molar-refractivity contribution is 8.14. The van der Waals surface area contributed by atoms with Gasteiger partial charge in [0.15, 0.2) is 34.2 Å². The molecule has 0 aliphatic rings. The van der Waals surface area contributed by atoms with Crippen LogP contribution in [0.2, 0.25) is 0 Å². The Hall–Kier alpha value is -3.95. The summed E-state index contributed by atoms with van der Waals surface area (Å²) < 4.78 is 61.6. The van der Waals surface area contributed by atoms with Gasteiger partial charge in [0.05, 0.1) is 47.5 Å². The Morgan fingerprint density at radius 3 is 2.52 bits per heavy atom. The number of hydrogen-bond acceptors (Lipinski definition) is 13. The third kappa shape index (κ3) is 8.36. The van der Waals surface area contributed by atoms with E-state index in [0.717, 1.165) is 11.8 Å². The number of hydrogen-bond donors (Lipinski definition) is 2. The molecule has 2 aromatic carbocycles. The molecular weight excluding hydrogens is 620 g/mol. The molecule has 17 heteroatoms. The van der Waals surface area contributed by atoms with Crippen LogP contribution in [0.1, 0.15) is 15.9 Å². The smallest absolute Gasteiger partial charge is 0.356 e. The molecule has 236 valence electrons. The normalized spacial score (nSPS) is 12.6. The molecule has 0 radical (unpaired) electrons. The van der Waals surface area contributed by atoms with Gasteiger partial charge in [-0.05, 0) is 35.9 Å². The second kappa shape index (κ2) is 15.2. The van der Waals surface area contributed by atoms with Gasteiger partial charge in [0.25, 0.3) is 5.56 Å². The molecule has 44 heavy (non-hydrogen) atoms. The Morgan fingerprint density at radius 2 is 1.80 bits per heavy atom. The zero-order valence-corrected chi connectivity index (χ0v) is 25.8. The molecule has 1 atom stereocenters. The van der Waals surface area contributed by atoms with Gasteiger partial charge in [0.2, 0.25) is 11.1 Å². The average molecular weight is 652 g/mol. The van der Waals surface area contributed by atoms with Gasteiger partial charge in [-0.1, -0.05) is 17.8 Å². The van der Waals surface area contributed by atoms with Crippen molar-refractivity contribution in [3.05, 3.63) is 70.0 Å². The molecule has 0 aliphatic carbocycles. The summed E-state index contributed by atoms with van der Waals surface area (Å²) in [6, 6.07) is 8.99. The maximum atomic E-state index is 14.2. The zero-order chi connectivity index (χ0) is 31.7. The Labute approximate surface area is 255 Å². The molecular formula is C27H31FN5O9PS. The number of nitrogen functional groups attached to an aromatic ring is 1. The highest BCUT2D eigenvalue weighted by Gasteiger charge is 2.26. The minimum atomic E-state index is -3.90. The maximum absolute atomic E-state index is 14.2. The number of carbonyl (C=O) groups excluding carboxylic acids is 1. The second-order valence-corrected chi connectivity index (χ2v) is 12.1. The van der Waals surface area contributed by atoms with Crippen molar-refractivity contribution in [1.82, 2.24) is 19.5 Å². The molecule has 1 unspecified atom stereocenters. The standard InChI is InChI=1S/C27H31FN5O9PS/c1-37-20-6-4-17(12-19(20)28)14-42-43(36,16-40-9-8-33-15-30-23-24(33)31-27(29)32-25(23)34)41-10-11-44-26(35)18-5-7-21(38-2)22(13-18)39-3/h4-7,12-13,15H,8-11,14,16H2,1-3H3,(H3,29,31,32,34). The molecule has 0 saturated heterocycles. The van der Waals surface area contributed by atoms with E-state index in [1.165, 1.54) is 39.8 Å². The van der Waals surface area contributed by atoms with Crippen molar-refractivity contribution in [2.75, 3.05) is 52.4 Å². The summed E-state index contributed by atoms with van der Waals surface area (Å²) in [6.07, 6.45) is 0.968. The third-order valence-electron chi connectivity index (χ3n) is 6.09. The number of imidazole rings is 1. The summed E-state index contributed by atoms with van der Waals surface area (Å²) in [5.74, 6) is 0.441. The predicted octanol–water partition coefficient (Wildman–Crippen LogP) is 3.84. The number of methoxy groups -OCH3 is 3. The molecule has 2 heterocycles. The number of aromatic amines is 1. The van der Waals surface area contributed by atoms with E-state index in [0.29, 0.717) is 22.6 Å². The van der Waals surface area contributed by atoms with E-state index < -0.39 is 25.3 Å². The number of nitrogens with two attached hydrogens (primary N) is 1. The quantitative estimate of drug-likeness (QED) is 0.132. The van der Waals surface area contributed by atoms with Crippen LogP contribution in [0.5, 0.6) is 17.2 Å². The fourth-order valence-corrected chi connectivity index (χ4v) is 5.98. The van der Waals surface area contributed by atoms with Crippen LogP contribution in [0.15, 0.2) is 47.5 Å². The molecule has 4 aromatic rings. The number of aromatic nitrogens is 4. The summed E-state index contributed by atoms with van der Waals surface area (Å²) in [5, 5.41) is -0.254. The van der Waals surface area contributed by atoms with Crippen molar-refractivity contribution < 1.29 is 41.7 Å². The van der Waals surface area contributed by atoms with Gasteiger partial charge in [-0.25, -0.2) is 9.37 Å². The minimum absolute atomic E-state index is 0.0280.